The van der Waals surface area contributed by atoms with Crippen molar-refractivity contribution in [3.05, 3.63) is 156 Å². The first-order valence-electron chi connectivity index (χ1n) is 13.6. The van der Waals surface area contributed by atoms with E-state index in [0.717, 1.165) is 50.4 Å². The van der Waals surface area contributed by atoms with E-state index < -0.39 is 5.41 Å². The molecule has 40 heavy (non-hydrogen) atoms. The van der Waals surface area contributed by atoms with Crippen LogP contribution >= 0.6 is 0 Å². The average Bonchev–Trinajstić information content (AvgIpc) is 3.53. The van der Waals surface area contributed by atoms with Crippen LogP contribution in [0.3, 0.4) is 0 Å². The van der Waals surface area contributed by atoms with Gasteiger partial charge in [-0.1, -0.05) is 103 Å². The molecule has 0 saturated carbocycles. The highest BCUT2D eigenvalue weighted by molar-refractivity contribution is 6.09. The summed E-state index contributed by atoms with van der Waals surface area (Å²) < 4.78 is 12.9. The molecule has 6 aromatic carbocycles. The number of para-hydroxylation sites is 3. The molecular formula is C37H23NO2. The number of rotatable bonds is 2. The summed E-state index contributed by atoms with van der Waals surface area (Å²) in [5, 5.41) is 5.84. The van der Waals surface area contributed by atoms with E-state index in [-0.39, 0.29) is 0 Å². The molecule has 0 fully saturated rings. The Hall–Kier alpha value is -5.28. The summed E-state index contributed by atoms with van der Waals surface area (Å²) >= 11 is 0. The molecule has 2 heterocycles. The van der Waals surface area contributed by atoms with E-state index in [9.17, 15) is 0 Å². The van der Waals surface area contributed by atoms with Crippen molar-refractivity contribution in [1.82, 2.24) is 0 Å². The summed E-state index contributed by atoms with van der Waals surface area (Å²) in [4.78, 5) is 0. The van der Waals surface area contributed by atoms with Crippen molar-refractivity contribution in [1.29, 1.82) is 0 Å². The zero-order chi connectivity index (χ0) is 26.3. The van der Waals surface area contributed by atoms with Gasteiger partial charge in [-0.25, -0.2) is 0 Å². The molecule has 0 unspecified atom stereocenters. The van der Waals surface area contributed by atoms with Crippen LogP contribution in [0.2, 0.25) is 0 Å². The molecule has 1 aliphatic heterocycles. The first-order chi connectivity index (χ1) is 19.8. The molecule has 0 saturated heterocycles. The molecule has 1 aromatic heterocycles. The zero-order valence-corrected chi connectivity index (χ0v) is 21.5. The van der Waals surface area contributed by atoms with Crippen LogP contribution < -0.4 is 10.1 Å². The molecular weight excluding hydrogens is 490 g/mol. The molecule has 0 bridgehead atoms. The van der Waals surface area contributed by atoms with Crippen molar-refractivity contribution in [2.75, 3.05) is 5.32 Å². The van der Waals surface area contributed by atoms with Gasteiger partial charge in [0, 0.05) is 33.7 Å². The van der Waals surface area contributed by atoms with Gasteiger partial charge in [-0.05, 0) is 46.5 Å². The van der Waals surface area contributed by atoms with E-state index in [1.807, 2.05) is 18.2 Å². The zero-order valence-electron chi connectivity index (χ0n) is 21.5. The number of benzene rings is 6. The smallest absolute Gasteiger partial charge is 0.158 e. The van der Waals surface area contributed by atoms with E-state index in [1.165, 1.54) is 27.8 Å². The fourth-order valence-electron chi connectivity index (χ4n) is 6.94. The minimum Gasteiger partial charge on any atom is -0.457 e. The third kappa shape index (κ3) is 2.73. The van der Waals surface area contributed by atoms with Crippen molar-refractivity contribution in [2.45, 2.75) is 5.41 Å². The van der Waals surface area contributed by atoms with Gasteiger partial charge in [0.1, 0.15) is 17.1 Å². The maximum Gasteiger partial charge on any atom is 0.158 e. The van der Waals surface area contributed by atoms with Crippen LogP contribution in [0.1, 0.15) is 22.3 Å². The second kappa shape index (κ2) is 7.87. The number of nitrogens with one attached hydrogen (secondary N) is 1. The Kier molecular flexibility index (Phi) is 4.26. The van der Waals surface area contributed by atoms with Crippen LogP contribution in [0.4, 0.5) is 11.4 Å². The predicted molar refractivity (Wildman–Crippen MR) is 161 cm³/mol. The average molecular weight is 514 g/mol. The predicted octanol–water partition coefficient (Wildman–Crippen LogP) is 9.80. The Bertz CT molecular complexity index is 2090. The van der Waals surface area contributed by atoms with Crippen LogP contribution in [0.5, 0.6) is 11.5 Å². The van der Waals surface area contributed by atoms with Crippen molar-refractivity contribution >= 4 is 33.3 Å². The van der Waals surface area contributed by atoms with Gasteiger partial charge in [0.05, 0.1) is 11.1 Å². The summed E-state index contributed by atoms with van der Waals surface area (Å²) in [7, 11) is 0. The van der Waals surface area contributed by atoms with Gasteiger partial charge in [-0.15, -0.1) is 0 Å². The number of fused-ring (bicyclic) bond motifs is 12. The summed E-state index contributed by atoms with van der Waals surface area (Å²) in [5.41, 5.74) is 10.6. The van der Waals surface area contributed by atoms with Gasteiger partial charge < -0.3 is 14.5 Å². The molecule has 1 spiro atoms. The molecule has 2 aliphatic rings. The maximum absolute atomic E-state index is 6.64. The molecule has 188 valence electrons. The topological polar surface area (TPSA) is 34.4 Å². The first kappa shape index (κ1) is 21.6. The lowest BCUT2D eigenvalue weighted by atomic mass is 9.66. The highest BCUT2D eigenvalue weighted by atomic mass is 16.5. The van der Waals surface area contributed by atoms with Crippen LogP contribution in [0.25, 0.3) is 33.1 Å². The highest BCUT2D eigenvalue weighted by Crippen LogP contribution is 2.62. The van der Waals surface area contributed by atoms with Crippen LogP contribution in [0, 0.1) is 0 Å². The lowest BCUT2D eigenvalue weighted by molar-refractivity contribution is 0.436. The third-order valence-electron chi connectivity index (χ3n) is 8.53. The molecule has 3 nitrogen and oxygen atoms in total. The van der Waals surface area contributed by atoms with Crippen molar-refractivity contribution in [3.63, 3.8) is 0 Å². The van der Waals surface area contributed by atoms with Crippen molar-refractivity contribution < 1.29 is 9.15 Å². The second-order valence-corrected chi connectivity index (χ2v) is 10.6. The minimum absolute atomic E-state index is 0.450. The van der Waals surface area contributed by atoms with Crippen LogP contribution in [0.15, 0.2) is 138 Å². The van der Waals surface area contributed by atoms with Gasteiger partial charge in [-0.3, -0.25) is 0 Å². The number of hydrogen-bond donors (Lipinski definition) is 1. The van der Waals surface area contributed by atoms with E-state index in [2.05, 4.69) is 121 Å². The second-order valence-electron chi connectivity index (χ2n) is 10.6. The summed E-state index contributed by atoms with van der Waals surface area (Å²) in [6.45, 7) is 0. The molecule has 3 heteroatoms. The summed E-state index contributed by atoms with van der Waals surface area (Å²) in [5.74, 6) is 1.74. The molecule has 9 rings (SSSR count). The number of ether oxygens (including phenoxy) is 1. The van der Waals surface area contributed by atoms with Crippen LogP contribution in [-0.2, 0) is 5.41 Å². The standard InChI is InChI=1S/C37H23NO2/c1-4-14-28-24(10-1)25-11-2-5-15-29(25)37(28)30-16-6-8-19-34(30)39-35-22-23(20-21-31(35)37)38-32-17-9-13-27-26-12-3-7-18-33(26)40-36(27)32/h1-22,38H. The summed E-state index contributed by atoms with van der Waals surface area (Å²) in [6, 6.07) is 47.0. The molecule has 7 aromatic rings. The van der Waals surface area contributed by atoms with Crippen molar-refractivity contribution in [2.24, 2.45) is 0 Å². The molecule has 0 radical (unpaired) electrons. The third-order valence-corrected chi connectivity index (χ3v) is 8.53. The van der Waals surface area contributed by atoms with Gasteiger partial charge in [0.2, 0.25) is 0 Å². The Morgan fingerprint density at radius 2 is 1.15 bits per heavy atom. The molecule has 0 atom stereocenters. The van der Waals surface area contributed by atoms with Crippen LogP contribution in [-0.4, -0.2) is 0 Å². The fraction of sp³-hybridized carbons (Fsp3) is 0.0270. The normalized spacial score (nSPS) is 13.9. The largest absolute Gasteiger partial charge is 0.457 e. The van der Waals surface area contributed by atoms with E-state index in [0.29, 0.717) is 0 Å². The quantitative estimate of drug-likeness (QED) is 0.250. The highest BCUT2D eigenvalue weighted by Gasteiger charge is 2.50. The number of furan rings is 1. The lowest BCUT2D eigenvalue weighted by Crippen LogP contribution is -2.32. The Balaban J connectivity index is 1.25. The Morgan fingerprint density at radius 3 is 1.98 bits per heavy atom. The first-order valence-corrected chi connectivity index (χ1v) is 13.6. The number of anilines is 2. The Morgan fingerprint density at radius 1 is 0.500 bits per heavy atom. The molecule has 0 amide bonds. The Labute approximate surface area is 231 Å². The minimum atomic E-state index is -0.450. The van der Waals surface area contributed by atoms with Crippen molar-refractivity contribution in [3.8, 4) is 22.6 Å². The molecule has 1 aliphatic carbocycles. The van der Waals surface area contributed by atoms with Gasteiger partial charge in [0.15, 0.2) is 5.58 Å². The monoisotopic (exact) mass is 513 g/mol. The molecule has 1 N–H and O–H groups in total. The van der Waals surface area contributed by atoms with E-state index in [1.54, 1.807) is 0 Å². The van der Waals surface area contributed by atoms with Gasteiger partial charge >= 0.3 is 0 Å². The SMILES string of the molecule is c1ccc2c(c1)Oc1cc(Nc3cccc4c3oc3ccccc34)ccc1C21c2ccccc2-c2ccccc21. The fourth-order valence-corrected chi connectivity index (χ4v) is 6.94. The van der Waals surface area contributed by atoms with Gasteiger partial charge in [-0.2, -0.15) is 0 Å². The lowest BCUT2D eigenvalue weighted by Gasteiger charge is -2.39. The number of hydrogen-bond acceptors (Lipinski definition) is 3. The van der Waals surface area contributed by atoms with E-state index in [4.69, 9.17) is 9.15 Å². The maximum atomic E-state index is 6.64. The summed E-state index contributed by atoms with van der Waals surface area (Å²) in [6.07, 6.45) is 0. The van der Waals surface area contributed by atoms with E-state index >= 15 is 0 Å². The van der Waals surface area contributed by atoms with Gasteiger partial charge in [0.25, 0.3) is 0 Å².